The van der Waals surface area contributed by atoms with Gasteiger partial charge in [-0.3, -0.25) is 4.79 Å². The van der Waals surface area contributed by atoms with Gasteiger partial charge < -0.3 is 4.90 Å². The van der Waals surface area contributed by atoms with Gasteiger partial charge >= 0.3 is 30.1 Å². The van der Waals surface area contributed by atoms with Crippen molar-refractivity contribution < 1.29 is 39.9 Å². The zero-order valence-corrected chi connectivity index (χ0v) is 14.6. The van der Waals surface area contributed by atoms with Gasteiger partial charge in [0.2, 0.25) is 0 Å². The summed E-state index contributed by atoms with van der Waals surface area (Å²) in [6, 6.07) is 14.7. The van der Waals surface area contributed by atoms with E-state index in [1.54, 1.807) is 12.1 Å². The second kappa shape index (κ2) is 8.38. The predicted molar refractivity (Wildman–Crippen MR) is 88.0 cm³/mol. The Morgan fingerprint density at radius 3 is 1.48 bits per heavy atom. The molecule has 0 saturated carbocycles. The van der Waals surface area contributed by atoms with Crippen molar-refractivity contribution in [2.24, 2.45) is 0 Å². The molecule has 0 heterocycles. The van der Waals surface area contributed by atoms with Crippen molar-refractivity contribution in [2.45, 2.75) is 37.3 Å². The standard InChI is InChI=1S/C19H15F8NO/c20-15(21)17(22,23)19(26,27)18(24,25)16(29)28(11-13-7-3-1-4-8-13)12-14-9-5-2-6-10-14/h1-10,15H,11-12H2. The van der Waals surface area contributed by atoms with Crippen molar-refractivity contribution in [1.29, 1.82) is 0 Å². The Hall–Kier alpha value is -2.65. The summed E-state index contributed by atoms with van der Waals surface area (Å²) in [4.78, 5) is 12.4. The van der Waals surface area contributed by atoms with Gasteiger partial charge in [-0.25, -0.2) is 8.78 Å². The lowest BCUT2D eigenvalue weighted by Crippen LogP contribution is -2.63. The minimum Gasteiger partial charge on any atom is -0.329 e. The first kappa shape index (κ1) is 22.6. The highest BCUT2D eigenvalue weighted by Gasteiger charge is 2.78. The molecule has 0 fully saturated rings. The topological polar surface area (TPSA) is 20.3 Å². The molecule has 1 amide bonds. The SMILES string of the molecule is O=C(N(Cc1ccccc1)Cc1ccccc1)C(F)(F)C(F)(F)C(F)(F)C(F)F. The number of hydrogen-bond donors (Lipinski definition) is 0. The largest absolute Gasteiger partial charge is 0.392 e. The van der Waals surface area contributed by atoms with Gasteiger partial charge in [0, 0.05) is 13.1 Å². The minimum absolute atomic E-state index is 0.222. The molecule has 0 aliphatic rings. The molecule has 0 saturated heterocycles. The van der Waals surface area contributed by atoms with Gasteiger partial charge in [-0.1, -0.05) is 60.7 Å². The molecular formula is C19H15F8NO. The normalized spacial score (nSPS) is 12.9. The van der Waals surface area contributed by atoms with Crippen molar-refractivity contribution in [3.05, 3.63) is 71.8 Å². The third-order valence-electron chi connectivity index (χ3n) is 4.08. The first-order valence-corrected chi connectivity index (χ1v) is 8.20. The molecule has 0 atom stereocenters. The van der Waals surface area contributed by atoms with Crippen molar-refractivity contribution in [1.82, 2.24) is 4.90 Å². The smallest absolute Gasteiger partial charge is 0.329 e. The van der Waals surface area contributed by atoms with Crippen LogP contribution in [0.25, 0.3) is 0 Å². The van der Waals surface area contributed by atoms with E-state index in [1.165, 1.54) is 48.5 Å². The molecule has 2 rings (SSSR count). The van der Waals surface area contributed by atoms with E-state index in [1.807, 2.05) is 0 Å². The molecule has 2 aromatic carbocycles. The number of rotatable bonds is 8. The zero-order valence-electron chi connectivity index (χ0n) is 14.6. The molecule has 0 aliphatic carbocycles. The van der Waals surface area contributed by atoms with Crippen LogP contribution in [0.3, 0.4) is 0 Å². The van der Waals surface area contributed by atoms with Gasteiger partial charge in [0.15, 0.2) is 0 Å². The molecule has 0 unspecified atom stereocenters. The molecular weight excluding hydrogens is 410 g/mol. The maximum atomic E-state index is 14.2. The summed E-state index contributed by atoms with van der Waals surface area (Å²) in [5.41, 5.74) is 0.494. The van der Waals surface area contributed by atoms with E-state index in [0.717, 1.165) is 0 Å². The van der Waals surface area contributed by atoms with E-state index < -0.39 is 43.2 Å². The summed E-state index contributed by atoms with van der Waals surface area (Å²) in [7, 11) is 0. The maximum Gasteiger partial charge on any atom is 0.392 e. The van der Waals surface area contributed by atoms with Crippen molar-refractivity contribution in [2.75, 3.05) is 0 Å². The predicted octanol–water partition coefficient (Wildman–Crippen LogP) is 5.39. The van der Waals surface area contributed by atoms with Crippen molar-refractivity contribution >= 4 is 5.91 Å². The van der Waals surface area contributed by atoms with Crippen LogP contribution >= 0.6 is 0 Å². The molecule has 29 heavy (non-hydrogen) atoms. The Morgan fingerprint density at radius 2 is 1.14 bits per heavy atom. The lowest BCUT2D eigenvalue weighted by molar-refractivity contribution is -0.330. The summed E-state index contributed by atoms with van der Waals surface area (Å²) in [6.45, 7) is -1.25. The quantitative estimate of drug-likeness (QED) is 0.520. The van der Waals surface area contributed by atoms with Crippen molar-refractivity contribution in [3.8, 4) is 0 Å². The molecule has 0 aromatic heterocycles. The molecule has 0 spiro atoms. The number of hydrogen-bond acceptors (Lipinski definition) is 1. The van der Waals surface area contributed by atoms with Crippen molar-refractivity contribution in [3.63, 3.8) is 0 Å². The van der Waals surface area contributed by atoms with Crippen LogP contribution in [0.4, 0.5) is 35.1 Å². The first-order valence-electron chi connectivity index (χ1n) is 8.20. The second-order valence-corrected chi connectivity index (χ2v) is 6.20. The highest BCUT2D eigenvalue weighted by Crippen LogP contribution is 2.49. The van der Waals surface area contributed by atoms with Crippen LogP contribution in [-0.4, -0.2) is 35.0 Å². The number of nitrogens with zero attached hydrogens (tertiary/aromatic N) is 1. The van der Waals surface area contributed by atoms with Gasteiger partial charge in [0.05, 0.1) is 0 Å². The lowest BCUT2D eigenvalue weighted by atomic mass is 10.0. The summed E-state index contributed by atoms with van der Waals surface area (Å²) in [5.74, 6) is -21.8. The third-order valence-corrected chi connectivity index (χ3v) is 4.08. The Kier molecular flexibility index (Phi) is 6.54. The minimum atomic E-state index is -6.60. The second-order valence-electron chi connectivity index (χ2n) is 6.20. The summed E-state index contributed by atoms with van der Waals surface area (Å²) in [6.07, 6.45) is -5.09. The summed E-state index contributed by atoms with van der Waals surface area (Å²) >= 11 is 0. The number of amides is 1. The molecule has 0 radical (unpaired) electrons. The van der Waals surface area contributed by atoms with E-state index in [9.17, 15) is 39.9 Å². The van der Waals surface area contributed by atoms with E-state index in [4.69, 9.17) is 0 Å². The van der Waals surface area contributed by atoms with Crippen LogP contribution in [0.5, 0.6) is 0 Å². The highest BCUT2D eigenvalue weighted by molar-refractivity contribution is 5.85. The fraction of sp³-hybridized carbons (Fsp3) is 0.316. The van der Waals surface area contributed by atoms with E-state index in [0.29, 0.717) is 0 Å². The molecule has 0 N–H and O–H groups in total. The first-order chi connectivity index (χ1) is 13.4. The average molecular weight is 425 g/mol. The monoisotopic (exact) mass is 425 g/mol. The maximum absolute atomic E-state index is 14.2. The van der Waals surface area contributed by atoms with Crippen LogP contribution < -0.4 is 0 Å². The van der Waals surface area contributed by atoms with Crippen LogP contribution in [0.1, 0.15) is 11.1 Å². The molecule has 158 valence electrons. The highest BCUT2D eigenvalue weighted by atomic mass is 19.4. The van der Waals surface area contributed by atoms with Crippen LogP contribution in [0.15, 0.2) is 60.7 Å². The van der Waals surface area contributed by atoms with Crippen LogP contribution in [0, 0.1) is 0 Å². The fourth-order valence-corrected chi connectivity index (χ4v) is 2.49. The third kappa shape index (κ3) is 4.51. The number of benzene rings is 2. The summed E-state index contributed by atoms with van der Waals surface area (Å²) < 4.78 is 107. The van der Waals surface area contributed by atoms with Gasteiger partial charge in [-0.05, 0) is 11.1 Å². The number of carbonyl (C=O) groups is 1. The van der Waals surface area contributed by atoms with Gasteiger partial charge in [0.25, 0.3) is 0 Å². The van der Waals surface area contributed by atoms with Gasteiger partial charge in [0.1, 0.15) is 0 Å². The Morgan fingerprint density at radius 1 is 0.759 bits per heavy atom. The Bertz CT molecular complexity index is 770. The number of carbonyl (C=O) groups excluding carboxylic acids is 1. The average Bonchev–Trinajstić information content (AvgIpc) is 2.68. The van der Waals surface area contributed by atoms with Gasteiger partial charge in [-0.15, -0.1) is 0 Å². The molecule has 10 heteroatoms. The number of halogens is 8. The fourth-order valence-electron chi connectivity index (χ4n) is 2.49. The molecule has 0 aliphatic heterocycles. The van der Waals surface area contributed by atoms with Gasteiger partial charge in [-0.2, -0.15) is 26.3 Å². The van der Waals surface area contributed by atoms with Crippen LogP contribution in [-0.2, 0) is 17.9 Å². The molecule has 2 aromatic rings. The van der Waals surface area contributed by atoms with E-state index in [-0.39, 0.29) is 16.0 Å². The lowest BCUT2D eigenvalue weighted by Gasteiger charge is -2.34. The Balaban J connectivity index is 2.41. The number of alkyl halides is 8. The molecule has 2 nitrogen and oxygen atoms in total. The van der Waals surface area contributed by atoms with E-state index in [2.05, 4.69) is 0 Å². The zero-order chi connectivity index (χ0) is 21.9. The summed E-state index contributed by atoms with van der Waals surface area (Å²) in [5, 5.41) is 0. The van der Waals surface area contributed by atoms with Crippen LogP contribution in [0.2, 0.25) is 0 Å². The van der Waals surface area contributed by atoms with E-state index >= 15 is 0 Å². The Labute approximate surface area is 160 Å². The molecule has 0 bridgehead atoms.